The van der Waals surface area contributed by atoms with Crippen molar-refractivity contribution in [2.45, 2.75) is 25.7 Å². The number of hydrogen-bond donors (Lipinski definition) is 1. The summed E-state index contributed by atoms with van der Waals surface area (Å²) in [6, 6.07) is 15.3. The SMILES string of the molecule is CCCC(C(=O)NCCN1C(=O)/C(=C/c2ccc3c(c2)OCO3)SC1=S)c1ccccc1. The molecule has 1 N–H and O–H groups in total. The van der Waals surface area contributed by atoms with Crippen LogP contribution in [0.15, 0.2) is 53.4 Å². The zero-order chi connectivity index (χ0) is 22.5. The third-order valence-electron chi connectivity index (χ3n) is 5.30. The Balaban J connectivity index is 1.36. The molecular formula is C24H24N2O4S2. The number of nitrogens with zero attached hydrogens (tertiary/aromatic N) is 1. The average molecular weight is 469 g/mol. The van der Waals surface area contributed by atoms with Crippen LogP contribution in [0, 0.1) is 0 Å². The standard InChI is InChI=1S/C24H24N2O4S2/c1-2-6-18(17-7-4-3-5-8-17)22(27)25-11-12-26-23(28)21(32-24(26)31)14-16-9-10-19-20(13-16)30-15-29-19/h3-5,7-10,13-14,18H,2,6,11-12,15H2,1H3,(H,25,27)/b21-14-. The maximum absolute atomic E-state index is 12.9. The minimum Gasteiger partial charge on any atom is -0.454 e. The molecule has 1 saturated heterocycles. The van der Waals surface area contributed by atoms with Gasteiger partial charge in [0.25, 0.3) is 5.91 Å². The molecule has 1 fully saturated rings. The topological polar surface area (TPSA) is 67.9 Å². The van der Waals surface area contributed by atoms with Crippen LogP contribution in [-0.2, 0) is 9.59 Å². The normalized spacial score (nSPS) is 17.2. The molecule has 0 bridgehead atoms. The zero-order valence-corrected chi connectivity index (χ0v) is 19.3. The molecule has 0 saturated carbocycles. The predicted molar refractivity (Wildman–Crippen MR) is 130 cm³/mol. The molecule has 0 aliphatic carbocycles. The number of rotatable bonds is 8. The first-order valence-corrected chi connectivity index (χ1v) is 11.8. The molecule has 1 atom stereocenters. The van der Waals surface area contributed by atoms with Gasteiger partial charge in [0.2, 0.25) is 12.7 Å². The van der Waals surface area contributed by atoms with Crippen LogP contribution < -0.4 is 14.8 Å². The second-order valence-electron chi connectivity index (χ2n) is 7.49. The third-order valence-corrected chi connectivity index (χ3v) is 6.68. The minimum atomic E-state index is -0.196. The summed E-state index contributed by atoms with van der Waals surface area (Å²) in [7, 11) is 0. The van der Waals surface area contributed by atoms with Gasteiger partial charge in [-0.2, -0.15) is 0 Å². The number of thioether (sulfide) groups is 1. The van der Waals surface area contributed by atoms with Crippen LogP contribution in [0.1, 0.15) is 36.8 Å². The smallest absolute Gasteiger partial charge is 0.266 e. The average Bonchev–Trinajstić information content (AvgIpc) is 3.37. The number of carbonyl (C=O) groups excluding carboxylic acids is 2. The molecule has 2 amide bonds. The molecular weight excluding hydrogens is 444 g/mol. The van der Waals surface area contributed by atoms with E-state index in [4.69, 9.17) is 21.7 Å². The van der Waals surface area contributed by atoms with Crippen molar-refractivity contribution in [2.75, 3.05) is 19.9 Å². The van der Waals surface area contributed by atoms with Gasteiger partial charge < -0.3 is 14.8 Å². The molecule has 2 aliphatic heterocycles. The van der Waals surface area contributed by atoms with Gasteiger partial charge in [0.05, 0.1) is 10.8 Å². The number of carbonyl (C=O) groups is 2. The Bertz CT molecular complexity index is 1060. The van der Waals surface area contributed by atoms with Crippen molar-refractivity contribution < 1.29 is 19.1 Å². The first-order chi connectivity index (χ1) is 15.6. The van der Waals surface area contributed by atoms with E-state index in [2.05, 4.69) is 12.2 Å². The molecule has 2 aliphatic rings. The van der Waals surface area contributed by atoms with Crippen LogP contribution in [0.25, 0.3) is 6.08 Å². The van der Waals surface area contributed by atoms with Crippen molar-refractivity contribution in [1.82, 2.24) is 10.2 Å². The molecule has 32 heavy (non-hydrogen) atoms. The third kappa shape index (κ3) is 4.97. The summed E-state index contributed by atoms with van der Waals surface area (Å²) in [5.41, 5.74) is 1.84. The van der Waals surface area contributed by atoms with E-state index in [-0.39, 0.29) is 24.5 Å². The van der Waals surface area contributed by atoms with E-state index in [1.54, 1.807) is 6.08 Å². The molecule has 1 unspecified atom stereocenters. The van der Waals surface area contributed by atoms with Crippen molar-refractivity contribution in [2.24, 2.45) is 0 Å². The summed E-state index contributed by atoms with van der Waals surface area (Å²) in [4.78, 5) is 27.7. The van der Waals surface area contributed by atoms with Crippen LogP contribution >= 0.6 is 24.0 Å². The highest BCUT2D eigenvalue weighted by molar-refractivity contribution is 8.26. The van der Waals surface area contributed by atoms with E-state index < -0.39 is 0 Å². The first-order valence-electron chi connectivity index (χ1n) is 10.5. The molecule has 166 valence electrons. The molecule has 8 heteroatoms. The second-order valence-corrected chi connectivity index (χ2v) is 9.16. The van der Waals surface area contributed by atoms with Crippen LogP contribution in [0.5, 0.6) is 11.5 Å². The van der Waals surface area contributed by atoms with Crippen molar-refractivity contribution in [3.05, 3.63) is 64.6 Å². The van der Waals surface area contributed by atoms with Gasteiger partial charge in [-0.05, 0) is 35.8 Å². The van der Waals surface area contributed by atoms with E-state index in [0.29, 0.717) is 33.8 Å². The Morgan fingerprint density at radius 3 is 2.78 bits per heavy atom. The van der Waals surface area contributed by atoms with Crippen molar-refractivity contribution >= 4 is 46.2 Å². The highest BCUT2D eigenvalue weighted by Gasteiger charge is 2.32. The molecule has 2 aromatic rings. The monoisotopic (exact) mass is 468 g/mol. The zero-order valence-electron chi connectivity index (χ0n) is 17.7. The Morgan fingerprint density at radius 2 is 2.00 bits per heavy atom. The number of hydrogen-bond acceptors (Lipinski definition) is 6. The Kier molecular flexibility index (Phi) is 7.12. The number of nitrogens with one attached hydrogen (secondary N) is 1. The highest BCUT2D eigenvalue weighted by atomic mass is 32.2. The fourth-order valence-electron chi connectivity index (χ4n) is 3.68. The van der Waals surface area contributed by atoms with Gasteiger partial charge in [-0.1, -0.05) is 73.7 Å². The lowest BCUT2D eigenvalue weighted by Crippen LogP contribution is -2.38. The fourth-order valence-corrected chi connectivity index (χ4v) is 4.99. The quantitative estimate of drug-likeness (QED) is 0.460. The van der Waals surface area contributed by atoms with E-state index in [9.17, 15) is 9.59 Å². The van der Waals surface area contributed by atoms with Crippen molar-refractivity contribution in [1.29, 1.82) is 0 Å². The van der Waals surface area contributed by atoms with Crippen LogP contribution in [0.4, 0.5) is 0 Å². The van der Waals surface area contributed by atoms with Gasteiger partial charge in [-0.15, -0.1) is 0 Å². The van der Waals surface area contributed by atoms with Gasteiger partial charge >= 0.3 is 0 Å². The summed E-state index contributed by atoms with van der Waals surface area (Å²) in [5, 5.41) is 2.98. The van der Waals surface area contributed by atoms with E-state index in [0.717, 1.165) is 24.0 Å². The van der Waals surface area contributed by atoms with Gasteiger partial charge in [-0.25, -0.2) is 0 Å². The molecule has 0 spiro atoms. The van der Waals surface area contributed by atoms with Crippen molar-refractivity contribution in [3.8, 4) is 11.5 Å². The maximum atomic E-state index is 12.9. The Hall–Kier alpha value is -2.84. The van der Waals surface area contributed by atoms with Gasteiger partial charge in [0.1, 0.15) is 4.32 Å². The summed E-state index contributed by atoms with van der Waals surface area (Å²) in [6.07, 6.45) is 3.48. The Morgan fingerprint density at radius 1 is 1.22 bits per heavy atom. The molecule has 0 aromatic heterocycles. The lowest BCUT2D eigenvalue weighted by Gasteiger charge is -2.19. The number of benzene rings is 2. The number of fused-ring (bicyclic) bond motifs is 1. The highest BCUT2D eigenvalue weighted by Crippen LogP contribution is 2.36. The fraction of sp³-hybridized carbons (Fsp3) is 0.292. The number of amides is 2. The Labute approximate surface area is 197 Å². The second kappa shape index (κ2) is 10.2. The van der Waals surface area contributed by atoms with Crippen LogP contribution in [0.2, 0.25) is 0 Å². The lowest BCUT2D eigenvalue weighted by atomic mass is 9.94. The summed E-state index contributed by atoms with van der Waals surface area (Å²) < 4.78 is 11.2. The lowest BCUT2D eigenvalue weighted by molar-refractivity contribution is -0.124. The maximum Gasteiger partial charge on any atom is 0.266 e. The van der Waals surface area contributed by atoms with E-state index in [1.807, 2.05) is 48.5 Å². The molecule has 2 aromatic carbocycles. The van der Waals surface area contributed by atoms with Crippen LogP contribution in [-0.4, -0.2) is 40.9 Å². The summed E-state index contributed by atoms with van der Waals surface area (Å²) in [6.45, 7) is 2.95. The van der Waals surface area contributed by atoms with Gasteiger partial charge in [-0.3, -0.25) is 14.5 Å². The van der Waals surface area contributed by atoms with Crippen molar-refractivity contribution in [3.63, 3.8) is 0 Å². The summed E-state index contributed by atoms with van der Waals surface area (Å²) >= 11 is 6.67. The molecule has 4 rings (SSSR count). The molecule has 2 heterocycles. The predicted octanol–water partition coefficient (Wildman–Crippen LogP) is 4.32. The number of ether oxygens (including phenoxy) is 2. The largest absolute Gasteiger partial charge is 0.454 e. The van der Waals surface area contributed by atoms with Gasteiger partial charge in [0.15, 0.2) is 11.5 Å². The first kappa shape index (κ1) is 22.4. The van der Waals surface area contributed by atoms with E-state index >= 15 is 0 Å². The molecule has 0 radical (unpaired) electrons. The summed E-state index contributed by atoms with van der Waals surface area (Å²) in [5.74, 6) is 0.983. The molecule has 6 nitrogen and oxygen atoms in total. The van der Waals surface area contributed by atoms with E-state index in [1.165, 1.54) is 16.7 Å². The minimum absolute atomic E-state index is 0.0283. The van der Waals surface area contributed by atoms with Gasteiger partial charge in [0, 0.05) is 13.1 Å². The van der Waals surface area contributed by atoms with Crippen LogP contribution in [0.3, 0.4) is 0 Å². The number of thiocarbonyl (C=S) groups is 1.